The second kappa shape index (κ2) is 5.67. The maximum Gasteiger partial charge on any atom is 0.180 e. The molecule has 1 aliphatic rings. The van der Waals surface area contributed by atoms with Gasteiger partial charge in [-0.2, -0.15) is 10.2 Å². The van der Waals surface area contributed by atoms with E-state index in [4.69, 9.17) is 9.84 Å². The summed E-state index contributed by atoms with van der Waals surface area (Å²) in [6, 6.07) is 12.0. The van der Waals surface area contributed by atoms with Gasteiger partial charge in [0.15, 0.2) is 5.84 Å². The van der Waals surface area contributed by atoms with Crippen molar-refractivity contribution < 1.29 is 4.74 Å². The van der Waals surface area contributed by atoms with E-state index in [1.54, 1.807) is 10.9 Å². The molecule has 1 aromatic heterocycles. The molecule has 1 aromatic carbocycles. The van der Waals surface area contributed by atoms with E-state index in [0.29, 0.717) is 0 Å². The highest BCUT2D eigenvalue weighted by molar-refractivity contribution is 5.99. The van der Waals surface area contributed by atoms with E-state index in [1.165, 1.54) is 0 Å². The number of rotatable bonds is 2. The maximum absolute atomic E-state index is 5.34. The molecule has 0 N–H and O–H groups in total. The summed E-state index contributed by atoms with van der Waals surface area (Å²) < 4.78 is 7.14. The molecule has 0 saturated carbocycles. The van der Waals surface area contributed by atoms with Gasteiger partial charge in [0.2, 0.25) is 0 Å². The fourth-order valence-corrected chi connectivity index (χ4v) is 2.00. The van der Waals surface area contributed by atoms with Gasteiger partial charge in [-0.1, -0.05) is 30.3 Å². The Morgan fingerprint density at radius 3 is 2.58 bits per heavy atom. The number of nitrogens with zero attached hydrogens (tertiary/aromatic N) is 4. The monoisotopic (exact) mass is 256 g/mol. The number of benzene rings is 1. The molecule has 0 aliphatic carbocycles. The van der Waals surface area contributed by atoms with Crippen LogP contribution in [0.1, 0.15) is 5.56 Å². The zero-order valence-corrected chi connectivity index (χ0v) is 10.6. The third kappa shape index (κ3) is 2.82. The van der Waals surface area contributed by atoms with Crippen molar-refractivity contribution in [2.75, 3.05) is 26.3 Å². The minimum absolute atomic E-state index is 0.727. The standard InChI is InChI=1S/C14H16N4O/c1-2-5-13(6-3-1)14(18-8-4-7-15-18)16-17-9-11-19-12-10-17/h1-8H,9-12H2/b16-14+. The zero-order chi connectivity index (χ0) is 12.9. The summed E-state index contributed by atoms with van der Waals surface area (Å²) in [6.07, 6.45) is 3.67. The Labute approximate surface area is 112 Å². The lowest BCUT2D eigenvalue weighted by molar-refractivity contribution is 0.0391. The van der Waals surface area contributed by atoms with Gasteiger partial charge in [0, 0.05) is 18.0 Å². The van der Waals surface area contributed by atoms with Gasteiger partial charge in [-0.05, 0) is 6.07 Å². The second-order valence-electron chi connectivity index (χ2n) is 4.31. The van der Waals surface area contributed by atoms with Crippen LogP contribution in [0.25, 0.3) is 0 Å². The Balaban J connectivity index is 1.94. The fourth-order valence-electron chi connectivity index (χ4n) is 2.00. The summed E-state index contributed by atoms with van der Waals surface area (Å²) in [5.74, 6) is 0.840. The second-order valence-corrected chi connectivity index (χ2v) is 4.31. The fraction of sp³-hybridized carbons (Fsp3) is 0.286. The molecule has 2 heterocycles. The van der Waals surface area contributed by atoms with Crippen molar-refractivity contribution in [1.29, 1.82) is 0 Å². The number of aromatic nitrogens is 2. The van der Waals surface area contributed by atoms with Crippen LogP contribution in [0.5, 0.6) is 0 Å². The van der Waals surface area contributed by atoms with E-state index < -0.39 is 0 Å². The third-order valence-corrected chi connectivity index (χ3v) is 2.98. The van der Waals surface area contributed by atoms with Crippen LogP contribution >= 0.6 is 0 Å². The average Bonchev–Trinajstić information content (AvgIpc) is 3.01. The van der Waals surface area contributed by atoms with Crippen LogP contribution in [0, 0.1) is 0 Å². The van der Waals surface area contributed by atoms with Crippen LogP contribution in [-0.2, 0) is 4.74 Å². The first-order chi connectivity index (χ1) is 9.43. The van der Waals surface area contributed by atoms with Gasteiger partial charge in [0.1, 0.15) is 0 Å². The largest absolute Gasteiger partial charge is 0.378 e. The number of hydrazone groups is 1. The molecule has 0 bridgehead atoms. The Bertz CT molecular complexity index is 530. The summed E-state index contributed by atoms with van der Waals surface area (Å²) in [4.78, 5) is 0. The van der Waals surface area contributed by atoms with Gasteiger partial charge in [-0.3, -0.25) is 5.01 Å². The lowest BCUT2D eigenvalue weighted by atomic mass is 10.2. The van der Waals surface area contributed by atoms with E-state index in [9.17, 15) is 0 Å². The lowest BCUT2D eigenvalue weighted by Crippen LogP contribution is -2.34. The topological polar surface area (TPSA) is 42.6 Å². The molecule has 98 valence electrons. The van der Waals surface area contributed by atoms with Crippen molar-refractivity contribution in [3.8, 4) is 0 Å². The highest BCUT2D eigenvalue weighted by Crippen LogP contribution is 2.06. The molecule has 1 saturated heterocycles. The molecule has 2 aromatic rings. The molecule has 0 spiro atoms. The quantitative estimate of drug-likeness (QED) is 0.603. The van der Waals surface area contributed by atoms with Crippen LogP contribution < -0.4 is 0 Å². The molecular weight excluding hydrogens is 240 g/mol. The van der Waals surface area contributed by atoms with Gasteiger partial charge < -0.3 is 4.74 Å². The van der Waals surface area contributed by atoms with Crippen molar-refractivity contribution >= 4 is 5.84 Å². The van der Waals surface area contributed by atoms with Crippen LogP contribution in [-0.4, -0.2) is 46.9 Å². The summed E-state index contributed by atoms with van der Waals surface area (Å²) in [5.41, 5.74) is 1.05. The smallest absolute Gasteiger partial charge is 0.180 e. The molecule has 0 unspecified atom stereocenters. The SMILES string of the molecule is c1ccc(/C(=N\N2CCOCC2)n2cccn2)cc1. The third-order valence-electron chi connectivity index (χ3n) is 2.98. The van der Waals surface area contributed by atoms with Crippen molar-refractivity contribution in [2.24, 2.45) is 5.10 Å². The predicted octanol–water partition coefficient (Wildman–Crippen LogP) is 1.43. The van der Waals surface area contributed by atoms with Crippen molar-refractivity contribution in [3.63, 3.8) is 0 Å². The van der Waals surface area contributed by atoms with Crippen molar-refractivity contribution in [2.45, 2.75) is 0 Å². The molecule has 1 aliphatic heterocycles. The van der Waals surface area contributed by atoms with Gasteiger partial charge in [0.05, 0.1) is 26.3 Å². The molecule has 0 radical (unpaired) electrons. The Kier molecular flexibility index (Phi) is 3.56. The predicted molar refractivity (Wildman–Crippen MR) is 73.0 cm³/mol. The Morgan fingerprint density at radius 2 is 1.89 bits per heavy atom. The van der Waals surface area contributed by atoms with Crippen LogP contribution in [0.2, 0.25) is 0 Å². The molecular formula is C14H16N4O. The first-order valence-corrected chi connectivity index (χ1v) is 6.40. The van der Waals surface area contributed by atoms with Gasteiger partial charge in [-0.25, -0.2) is 4.68 Å². The number of morpholine rings is 1. The molecule has 0 amide bonds. The van der Waals surface area contributed by atoms with E-state index in [-0.39, 0.29) is 0 Å². The summed E-state index contributed by atoms with van der Waals surface area (Å²) in [7, 11) is 0. The van der Waals surface area contributed by atoms with Gasteiger partial charge in [0.25, 0.3) is 0 Å². The molecule has 1 fully saturated rings. The van der Waals surface area contributed by atoms with Crippen LogP contribution in [0.4, 0.5) is 0 Å². The molecule has 3 rings (SSSR count). The van der Waals surface area contributed by atoms with Crippen molar-refractivity contribution in [3.05, 3.63) is 54.4 Å². The first-order valence-electron chi connectivity index (χ1n) is 6.40. The summed E-state index contributed by atoms with van der Waals surface area (Å²) in [5, 5.41) is 11.0. The van der Waals surface area contributed by atoms with Gasteiger partial charge >= 0.3 is 0 Å². The van der Waals surface area contributed by atoms with E-state index in [1.807, 2.05) is 47.6 Å². The maximum atomic E-state index is 5.34. The average molecular weight is 256 g/mol. The Hall–Kier alpha value is -2.14. The zero-order valence-electron chi connectivity index (χ0n) is 10.6. The van der Waals surface area contributed by atoms with Crippen LogP contribution in [0.3, 0.4) is 0 Å². The molecule has 5 heteroatoms. The summed E-state index contributed by atoms with van der Waals surface area (Å²) >= 11 is 0. The number of hydrogen-bond acceptors (Lipinski definition) is 4. The molecule has 0 atom stereocenters. The highest BCUT2D eigenvalue weighted by Gasteiger charge is 2.12. The van der Waals surface area contributed by atoms with E-state index in [0.717, 1.165) is 37.7 Å². The van der Waals surface area contributed by atoms with E-state index >= 15 is 0 Å². The summed E-state index contributed by atoms with van der Waals surface area (Å²) in [6.45, 7) is 3.09. The van der Waals surface area contributed by atoms with Crippen molar-refractivity contribution in [1.82, 2.24) is 14.8 Å². The van der Waals surface area contributed by atoms with Crippen LogP contribution in [0.15, 0.2) is 53.9 Å². The number of hydrogen-bond donors (Lipinski definition) is 0. The molecule has 5 nitrogen and oxygen atoms in total. The lowest BCUT2D eigenvalue weighted by Gasteiger charge is -2.25. The van der Waals surface area contributed by atoms with E-state index in [2.05, 4.69) is 5.10 Å². The minimum atomic E-state index is 0.727. The Morgan fingerprint density at radius 1 is 1.11 bits per heavy atom. The van der Waals surface area contributed by atoms with Gasteiger partial charge in [-0.15, -0.1) is 0 Å². The minimum Gasteiger partial charge on any atom is -0.378 e. The number of ether oxygens (including phenoxy) is 1. The first kappa shape index (κ1) is 11.9. The normalized spacial score (nSPS) is 16.6. The molecule has 19 heavy (non-hydrogen) atoms. The highest BCUT2D eigenvalue weighted by atomic mass is 16.5.